The van der Waals surface area contributed by atoms with Crippen molar-refractivity contribution < 1.29 is 5.11 Å². The molecule has 0 amide bonds. The summed E-state index contributed by atoms with van der Waals surface area (Å²) in [5, 5.41) is 16.5. The summed E-state index contributed by atoms with van der Waals surface area (Å²) in [7, 11) is 0. The van der Waals surface area contributed by atoms with Crippen molar-refractivity contribution in [2.45, 2.75) is 19.4 Å². The summed E-state index contributed by atoms with van der Waals surface area (Å²) in [4.78, 5) is 0. The Bertz CT molecular complexity index is 579. The number of rotatable bonds is 5. The van der Waals surface area contributed by atoms with Crippen LogP contribution in [0, 0.1) is 4.77 Å². The van der Waals surface area contributed by atoms with Gasteiger partial charge in [-0.25, -0.2) is 0 Å². The fourth-order valence-electron chi connectivity index (χ4n) is 1.76. The predicted octanol–water partition coefficient (Wildman–Crippen LogP) is 3.03. The number of nitrogens with zero attached hydrogens (tertiary/aromatic N) is 2. The summed E-state index contributed by atoms with van der Waals surface area (Å²) in [5.41, 5.74) is 0.857. The summed E-state index contributed by atoms with van der Waals surface area (Å²) in [6.45, 7) is 0.906. The van der Waals surface area contributed by atoms with Crippen LogP contribution in [0.2, 0.25) is 5.02 Å². The Balaban J connectivity index is 2.34. The molecule has 2 rings (SSSR count). The Hall–Kier alpha value is -1.17. The molecule has 0 unspecified atom stereocenters. The van der Waals surface area contributed by atoms with Crippen molar-refractivity contribution in [2.75, 3.05) is 6.61 Å². The first-order valence-corrected chi connectivity index (χ1v) is 6.53. The highest BCUT2D eigenvalue weighted by Gasteiger charge is 2.11. The van der Waals surface area contributed by atoms with Gasteiger partial charge in [-0.1, -0.05) is 23.7 Å². The van der Waals surface area contributed by atoms with Crippen LogP contribution in [0.3, 0.4) is 0 Å². The molecule has 4 nitrogen and oxygen atoms in total. The summed E-state index contributed by atoms with van der Waals surface area (Å²) >= 11 is 11.4. The number of hydrogen-bond donors (Lipinski definition) is 2. The van der Waals surface area contributed by atoms with Gasteiger partial charge in [0.05, 0.1) is 5.02 Å². The minimum Gasteiger partial charge on any atom is -0.396 e. The number of aliphatic hydroxyl groups excluding tert-OH is 1. The number of nitrogens with one attached hydrogen (secondary N) is 1. The van der Waals surface area contributed by atoms with Crippen LogP contribution in [0.5, 0.6) is 0 Å². The second-order valence-corrected chi connectivity index (χ2v) is 4.71. The highest BCUT2D eigenvalue weighted by molar-refractivity contribution is 7.71. The third-order valence-corrected chi connectivity index (χ3v) is 3.30. The maximum atomic E-state index is 8.81. The summed E-state index contributed by atoms with van der Waals surface area (Å²) in [6, 6.07) is 7.53. The van der Waals surface area contributed by atoms with E-state index in [1.165, 1.54) is 0 Å². The Morgan fingerprint density at radius 1 is 1.33 bits per heavy atom. The molecular formula is C12H14ClN3OS. The first kappa shape index (κ1) is 13.3. The van der Waals surface area contributed by atoms with Gasteiger partial charge in [0.15, 0.2) is 10.6 Å². The number of halogens is 1. The molecule has 1 heterocycles. The Labute approximate surface area is 115 Å². The molecular weight excluding hydrogens is 270 g/mol. The van der Waals surface area contributed by atoms with Gasteiger partial charge >= 0.3 is 0 Å². The van der Waals surface area contributed by atoms with Gasteiger partial charge in [0.1, 0.15) is 0 Å². The average molecular weight is 284 g/mol. The number of hydrogen-bond acceptors (Lipinski definition) is 3. The average Bonchev–Trinajstić information content (AvgIpc) is 2.72. The first-order valence-electron chi connectivity index (χ1n) is 5.75. The van der Waals surface area contributed by atoms with Crippen molar-refractivity contribution in [2.24, 2.45) is 0 Å². The van der Waals surface area contributed by atoms with Crippen molar-refractivity contribution >= 4 is 23.8 Å². The summed E-state index contributed by atoms with van der Waals surface area (Å²) in [5.74, 6) is 0.739. The third kappa shape index (κ3) is 2.80. The molecule has 0 bridgehead atoms. The maximum Gasteiger partial charge on any atom is 0.195 e. The lowest BCUT2D eigenvalue weighted by atomic mass is 10.2. The molecule has 0 saturated carbocycles. The lowest BCUT2D eigenvalue weighted by Gasteiger charge is -2.07. The molecule has 0 radical (unpaired) electrons. The van der Waals surface area contributed by atoms with E-state index in [-0.39, 0.29) is 6.61 Å². The largest absolute Gasteiger partial charge is 0.396 e. The summed E-state index contributed by atoms with van der Waals surface area (Å²) in [6.07, 6.45) is 1.59. The van der Waals surface area contributed by atoms with Gasteiger partial charge in [0, 0.05) is 18.7 Å². The van der Waals surface area contributed by atoms with E-state index < -0.39 is 0 Å². The number of aromatic amines is 1. The molecule has 0 atom stereocenters. The van der Waals surface area contributed by atoms with E-state index in [1.807, 2.05) is 28.8 Å². The highest BCUT2D eigenvalue weighted by Crippen LogP contribution is 2.26. The van der Waals surface area contributed by atoms with E-state index >= 15 is 0 Å². The second kappa shape index (κ2) is 6.13. The molecule has 2 aromatic rings. The number of benzene rings is 1. The Morgan fingerprint density at radius 2 is 2.11 bits per heavy atom. The number of unbranched alkanes of at least 4 members (excludes halogenated alkanes) is 1. The van der Waals surface area contributed by atoms with E-state index in [2.05, 4.69) is 10.2 Å². The quantitative estimate of drug-likeness (QED) is 0.655. The van der Waals surface area contributed by atoms with Crippen molar-refractivity contribution in [1.82, 2.24) is 14.8 Å². The highest BCUT2D eigenvalue weighted by atomic mass is 35.5. The number of H-pyrrole nitrogens is 1. The molecule has 18 heavy (non-hydrogen) atoms. The molecule has 1 aromatic carbocycles. The molecule has 0 spiro atoms. The number of aromatic nitrogens is 3. The normalized spacial score (nSPS) is 10.8. The van der Waals surface area contributed by atoms with E-state index in [0.29, 0.717) is 9.79 Å². The van der Waals surface area contributed by atoms with Crippen LogP contribution in [0.4, 0.5) is 0 Å². The zero-order valence-corrected chi connectivity index (χ0v) is 11.3. The smallest absolute Gasteiger partial charge is 0.195 e. The van der Waals surface area contributed by atoms with Crippen molar-refractivity contribution in [3.05, 3.63) is 34.1 Å². The van der Waals surface area contributed by atoms with Gasteiger partial charge in [0.25, 0.3) is 0 Å². The molecule has 2 N–H and O–H groups in total. The number of aliphatic hydroxyl groups is 1. The van der Waals surface area contributed by atoms with Crippen LogP contribution in [0.25, 0.3) is 11.4 Å². The minimum atomic E-state index is 0.187. The van der Waals surface area contributed by atoms with Crippen molar-refractivity contribution in [1.29, 1.82) is 0 Å². The standard InChI is InChI=1S/C12H14ClN3OS/c13-10-6-2-1-5-9(10)11-14-15-12(18)16(11)7-3-4-8-17/h1-2,5-6,17H,3-4,7-8H2,(H,15,18). The zero-order valence-electron chi connectivity index (χ0n) is 9.77. The van der Waals surface area contributed by atoms with Crippen LogP contribution < -0.4 is 0 Å². The molecule has 0 aliphatic rings. The van der Waals surface area contributed by atoms with E-state index in [9.17, 15) is 0 Å². The molecule has 0 aliphatic carbocycles. The van der Waals surface area contributed by atoms with Gasteiger partial charge in [-0.05, 0) is 37.2 Å². The lowest BCUT2D eigenvalue weighted by Crippen LogP contribution is -2.02. The second-order valence-electron chi connectivity index (χ2n) is 3.91. The molecule has 96 valence electrons. The van der Waals surface area contributed by atoms with Crippen LogP contribution in [0.1, 0.15) is 12.8 Å². The van der Waals surface area contributed by atoms with E-state index in [1.54, 1.807) is 0 Å². The summed E-state index contributed by atoms with van der Waals surface area (Å²) < 4.78 is 2.48. The van der Waals surface area contributed by atoms with Crippen LogP contribution >= 0.6 is 23.8 Å². The molecule has 0 aliphatic heterocycles. The van der Waals surface area contributed by atoms with Crippen LogP contribution in [-0.2, 0) is 6.54 Å². The van der Waals surface area contributed by atoms with Crippen molar-refractivity contribution in [3.63, 3.8) is 0 Å². The lowest BCUT2D eigenvalue weighted by molar-refractivity contribution is 0.281. The maximum absolute atomic E-state index is 8.81. The predicted molar refractivity (Wildman–Crippen MR) is 74.2 cm³/mol. The van der Waals surface area contributed by atoms with Gasteiger partial charge in [0.2, 0.25) is 0 Å². The zero-order chi connectivity index (χ0) is 13.0. The van der Waals surface area contributed by atoms with Crippen molar-refractivity contribution in [3.8, 4) is 11.4 Å². The molecule has 0 fully saturated rings. The molecule has 0 saturated heterocycles. The monoisotopic (exact) mass is 283 g/mol. The fraction of sp³-hybridized carbons (Fsp3) is 0.333. The van der Waals surface area contributed by atoms with Gasteiger partial charge in [-0.3, -0.25) is 5.10 Å². The van der Waals surface area contributed by atoms with Gasteiger partial charge in [-0.2, -0.15) is 5.10 Å². The molecule has 1 aromatic heterocycles. The SMILES string of the molecule is OCCCCn1c(-c2ccccc2Cl)n[nH]c1=S. The minimum absolute atomic E-state index is 0.187. The van der Waals surface area contributed by atoms with Crippen LogP contribution in [0.15, 0.2) is 24.3 Å². The third-order valence-electron chi connectivity index (χ3n) is 2.66. The first-order chi connectivity index (χ1) is 8.74. The topological polar surface area (TPSA) is 53.8 Å². The van der Waals surface area contributed by atoms with Gasteiger partial charge in [-0.15, -0.1) is 0 Å². The van der Waals surface area contributed by atoms with E-state index in [4.69, 9.17) is 28.9 Å². The van der Waals surface area contributed by atoms with E-state index in [0.717, 1.165) is 30.8 Å². The van der Waals surface area contributed by atoms with Gasteiger partial charge < -0.3 is 9.67 Å². The fourth-order valence-corrected chi connectivity index (χ4v) is 2.20. The van der Waals surface area contributed by atoms with Crippen LogP contribution in [-0.4, -0.2) is 26.5 Å². The molecule has 6 heteroatoms. The Kier molecular flexibility index (Phi) is 4.52. The Morgan fingerprint density at radius 3 is 2.83 bits per heavy atom.